The van der Waals surface area contributed by atoms with E-state index in [4.69, 9.17) is 9.47 Å². The van der Waals surface area contributed by atoms with Gasteiger partial charge >= 0.3 is 6.18 Å². The predicted molar refractivity (Wildman–Crippen MR) is 103 cm³/mol. The summed E-state index contributed by atoms with van der Waals surface area (Å²) in [6.07, 6.45) is -4.68. The van der Waals surface area contributed by atoms with Crippen molar-refractivity contribution in [3.63, 3.8) is 0 Å². The molecule has 0 spiro atoms. The maximum absolute atomic E-state index is 12.8. The fourth-order valence-electron chi connectivity index (χ4n) is 2.58. The Kier molecular flexibility index (Phi) is 7.32. The van der Waals surface area contributed by atoms with E-state index in [1.165, 1.54) is 14.2 Å². The van der Waals surface area contributed by atoms with E-state index in [0.717, 1.165) is 18.2 Å². The summed E-state index contributed by atoms with van der Waals surface area (Å²) in [5.41, 5.74) is -0.418. The summed E-state index contributed by atoms with van der Waals surface area (Å²) in [5, 5.41) is 2.60. The van der Waals surface area contributed by atoms with Crippen LogP contribution in [0.15, 0.2) is 47.4 Å². The topological polar surface area (TPSA) is 93.7 Å². The largest absolute Gasteiger partial charge is 0.493 e. The number of methoxy groups -OCH3 is 2. The molecule has 0 aliphatic heterocycles. The minimum atomic E-state index is -4.68. The number of alkyl halides is 3. The van der Waals surface area contributed by atoms with Crippen molar-refractivity contribution in [3.8, 4) is 11.5 Å². The molecular weight excluding hydrogens is 425 g/mol. The molecule has 0 aliphatic carbocycles. The van der Waals surface area contributed by atoms with Crippen LogP contribution in [-0.2, 0) is 21.0 Å². The van der Waals surface area contributed by atoms with Crippen LogP contribution < -0.4 is 19.5 Å². The summed E-state index contributed by atoms with van der Waals surface area (Å²) in [6, 6.07) is 7.81. The summed E-state index contributed by atoms with van der Waals surface area (Å²) in [5.74, 6) is 0.308. The lowest BCUT2D eigenvalue weighted by molar-refractivity contribution is -0.137. The second kappa shape index (κ2) is 9.35. The molecule has 7 nitrogen and oxygen atoms in total. The first kappa shape index (κ1) is 23.5. The van der Waals surface area contributed by atoms with Crippen LogP contribution in [0.2, 0.25) is 0 Å². The van der Waals surface area contributed by atoms with E-state index in [2.05, 4.69) is 5.32 Å². The van der Waals surface area contributed by atoms with Crippen molar-refractivity contribution in [2.24, 2.45) is 0 Å². The Morgan fingerprint density at radius 1 is 1.07 bits per heavy atom. The number of hydrogen-bond donors (Lipinski definition) is 2. The zero-order valence-corrected chi connectivity index (χ0v) is 17.2. The van der Waals surface area contributed by atoms with Gasteiger partial charge in [0.15, 0.2) is 11.5 Å². The zero-order valence-electron chi connectivity index (χ0n) is 16.4. The number of hydrogen-bond acceptors (Lipinski definition) is 5. The van der Waals surface area contributed by atoms with Crippen molar-refractivity contribution in [1.82, 2.24) is 10.0 Å². The molecule has 1 unspecified atom stereocenters. The van der Waals surface area contributed by atoms with Crippen LogP contribution in [0.3, 0.4) is 0 Å². The van der Waals surface area contributed by atoms with Crippen LogP contribution in [0.4, 0.5) is 13.2 Å². The van der Waals surface area contributed by atoms with Crippen molar-refractivity contribution >= 4 is 15.9 Å². The molecular formula is C19H21F3N2O5S. The highest BCUT2D eigenvalue weighted by molar-refractivity contribution is 7.89. The van der Waals surface area contributed by atoms with E-state index < -0.39 is 45.2 Å². The van der Waals surface area contributed by atoms with Crippen molar-refractivity contribution < 1.29 is 35.9 Å². The molecule has 0 heterocycles. The average molecular weight is 446 g/mol. The molecule has 0 bridgehead atoms. The van der Waals surface area contributed by atoms with Gasteiger partial charge in [0.2, 0.25) is 15.9 Å². The Morgan fingerprint density at radius 2 is 1.73 bits per heavy atom. The Hall–Kier alpha value is -2.79. The van der Waals surface area contributed by atoms with Gasteiger partial charge in [-0.15, -0.1) is 0 Å². The second-order valence-corrected chi connectivity index (χ2v) is 8.02. The molecule has 0 aromatic heterocycles. The highest BCUT2D eigenvalue weighted by atomic mass is 32.2. The van der Waals surface area contributed by atoms with Crippen LogP contribution in [0.1, 0.15) is 24.1 Å². The lowest BCUT2D eigenvalue weighted by Gasteiger charge is -2.17. The Labute approximate surface area is 172 Å². The van der Waals surface area contributed by atoms with Crippen LogP contribution in [0, 0.1) is 0 Å². The number of amides is 1. The average Bonchev–Trinajstić information content (AvgIpc) is 2.71. The molecule has 30 heavy (non-hydrogen) atoms. The molecule has 2 aromatic carbocycles. The summed E-state index contributed by atoms with van der Waals surface area (Å²) >= 11 is 0. The van der Waals surface area contributed by atoms with E-state index in [9.17, 15) is 26.4 Å². The number of ether oxygens (including phenoxy) is 2. The van der Waals surface area contributed by atoms with Crippen LogP contribution in [0.5, 0.6) is 11.5 Å². The lowest BCUT2D eigenvalue weighted by atomic mass is 10.1. The number of sulfonamides is 1. The number of nitrogens with one attached hydrogen (secondary N) is 2. The van der Waals surface area contributed by atoms with E-state index >= 15 is 0 Å². The van der Waals surface area contributed by atoms with Gasteiger partial charge in [-0.25, -0.2) is 13.1 Å². The maximum Gasteiger partial charge on any atom is 0.416 e. The van der Waals surface area contributed by atoms with Crippen molar-refractivity contribution in [2.45, 2.75) is 24.0 Å². The van der Waals surface area contributed by atoms with Crippen LogP contribution in [-0.4, -0.2) is 35.1 Å². The van der Waals surface area contributed by atoms with Gasteiger partial charge in [-0.1, -0.05) is 12.1 Å². The predicted octanol–water partition coefficient (Wildman–Crippen LogP) is 2.88. The first-order chi connectivity index (χ1) is 14.0. The third-order valence-corrected chi connectivity index (χ3v) is 5.58. The number of carbonyl (C=O) groups is 1. The highest BCUT2D eigenvalue weighted by Gasteiger charge is 2.31. The molecule has 1 atom stereocenters. The van der Waals surface area contributed by atoms with Gasteiger partial charge < -0.3 is 14.8 Å². The zero-order chi connectivity index (χ0) is 22.5. The Bertz CT molecular complexity index is 1010. The lowest BCUT2D eigenvalue weighted by Crippen LogP contribution is -2.38. The third kappa shape index (κ3) is 5.86. The van der Waals surface area contributed by atoms with Gasteiger partial charge in [-0.2, -0.15) is 13.2 Å². The molecule has 2 N–H and O–H groups in total. The molecule has 2 aromatic rings. The van der Waals surface area contributed by atoms with E-state index in [-0.39, 0.29) is 0 Å². The number of carbonyl (C=O) groups excluding carboxylic acids is 1. The minimum Gasteiger partial charge on any atom is -0.493 e. The fraction of sp³-hybridized carbons (Fsp3) is 0.316. The SMILES string of the molecule is COc1ccc(C(C)NC(=O)CNS(=O)(=O)c2cccc(C(F)(F)F)c2)cc1OC. The molecule has 0 aliphatic rings. The first-order valence-electron chi connectivity index (χ1n) is 8.66. The maximum atomic E-state index is 12.8. The standard InChI is InChI=1S/C19H21F3N2O5S/c1-12(13-7-8-16(28-2)17(9-13)29-3)24-18(25)11-23-30(26,27)15-6-4-5-14(10-15)19(20,21)22/h4-10,12,23H,11H2,1-3H3,(H,24,25). The van der Waals surface area contributed by atoms with Gasteiger partial charge in [0.05, 0.1) is 37.3 Å². The Balaban J connectivity index is 2.03. The molecule has 0 fully saturated rings. The minimum absolute atomic E-state index is 0.460. The summed E-state index contributed by atoms with van der Waals surface area (Å²) < 4.78 is 75.2. The van der Waals surface area contributed by atoms with Gasteiger partial charge in [0.1, 0.15) is 0 Å². The Morgan fingerprint density at radius 3 is 2.33 bits per heavy atom. The monoisotopic (exact) mass is 446 g/mol. The van der Waals surface area contributed by atoms with E-state index in [1.54, 1.807) is 25.1 Å². The van der Waals surface area contributed by atoms with Gasteiger partial charge in [-0.05, 0) is 42.8 Å². The van der Waals surface area contributed by atoms with Gasteiger partial charge in [-0.3, -0.25) is 4.79 Å². The first-order valence-corrected chi connectivity index (χ1v) is 10.1. The van der Waals surface area contributed by atoms with Gasteiger partial charge in [0.25, 0.3) is 0 Å². The van der Waals surface area contributed by atoms with Crippen molar-refractivity contribution in [3.05, 3.63) is 53.6 Å². The van der Waals surface area contributed by atoms with Crippen molar-refractivity contribution in [2.75, 3.05) is 20.8 Å². The number of halogens is 3. The fourth-order valence-corrected chi connectivity index (χ4v) is 3.61. The summed E-state index contributed by atoms with van der Waals surface area (Å²) in [4.78, 5) is 11.5. The van der Waals surface area contributed by atoms with Crippen LogP contribution >= 0.6 is 0 Å². The number of benzene rings is 2. The normalized spacial score (nSPS) is 12.9. The second-order valence-electron chi connectivity index (χ2n) is 6.25. The summed E-state index contributed by atoms with van der Waals surface area (Å²) in [7, 11) is -1.35. The summed E-state index contributed by atoms with van der Waals surface area (Å²) in [6.45, 7) is 1.04. The smallest absolute Gasteiger partial charge is 0.416 e. The molecule has 164 valence electrons. The van der Waals surface area contributed by atoms with Gasteiger partial charge in [0, 0.05) is 0 Å². The molecule has 1 amide bonds. The molecule has 0 saturated carbocycles. The quantitative estimate of drug-likeness (QED) is 0.651. The molecule has 0 saturated heterocycles. The van der Waals surface area contributed by atoms with Crippen LogP contribution in [0.25, 0.3) is 0 Å². The van der Waals surface area contributed by atoms with E-state index in [0.29, 0.717) is 23.1 Å². The molecule has 0 radical (unpaired) electrons. The van der Waals surface area contributed by atoms with Crippen molar-refractivity contribution in [1.29, 1.82) is 0 Å². The molecule has 2 rings (SSSR count). The third-order valence-electron chi connectivity index (χ3n) is 4.18. The number of rotatable bonds is 8. The van der Waals surface area contributed by atoms with E-state index in [1.807, 2.05) is 4.72 Å². The molecule has 11 heteroatoms. The highest BCUT2D eigenvalue weighted by Crippen LogP contribution is 2.31.